The lowest BCUT2D eigenvalue weighted by atomic mass is 10.1. The highest BCUT2D eigenvalue weighted by Gasteiger charge is 2.03. The molecule has 1 unspecified atom stereocenters. The molecule has 0 aliphatic heterocycles. The third kappa shape index (κ3) is 2.19. The lowest BCUT2D eigenvalue weighted by Crippen LogP contribution is -2.04. The maximum Gasteiger partial charge on any atom is 0.159 e. The molecule has 75 valence electrons. The second-order valence-corrected chi connectivity index (χ2v) is 3.42. The molecule has 1 aromatic heterocycles. The van der Waals surface area contributed by atoms with E-state index in [0.29, 0.717) is 5.82 Å². The number of aromatic nitrogens is 2. The van der Waals surface area contributed by atoms with Crippen LogP contribution in [0, 0.1) is 6.20 Å². The fraction of sp³-hybridized carbons (Fsp3) is 0.167. The predicted molar refractivity (Wildman–Crippen MR) is 58.9 cm³/mol. The molecule has 0 aliphatic carbocycles. The molecule has 0 spiro atoms. The first-order chi connectivity index (χ1) is 7.27. The van der Waals surface area contributed by atoms with Crippen LogP contribution in [0.4, 0.5) is 0 Å². The van der Waals surface area contributed by atoms with Gasteiger partial charge in [-0.3, -0.25) is 0 Å². The molecule has 0 saturated heterocycles. The fourth-order valence-corrected chi connectivity index (χ4v) is 1.37. The minimum absolute atomic E-state index is 0.0256. The van der Waals surface area contributed by atoms with Gasteiger partial charge in [-0.1, -0.05) is 18.2 Å². The summed E-state index contributed by atoms with van der Waals surface area (Å²) in [6.07, 6.45) is 4.45. The number of hydrogen-bond acceptors (Lipinski definition) is 3. The Morgan fingerprint density at radius 1 is 1.40 bits per heavy atom. The summed E-state index contributed by atoms with van der Waals surface area (Å²) < 4.78 is 0. The van der Waals surface area contributed by atoms with Crippen LogP contribution in [0.3, 0.4) is 0 Å². The van der Waals surface area contributed by atoms with Gasteiger partial charge in [-0.15, -0.1) is 0 Å². The molecule has 0 aliphatic rings. The van der Waals surface area contributed by atoms with Gasteiger partial charge in [0.05, 0.1) is 6.20 Å². The van der Waals surface area contributed by atoms with Crippen LogP contribution in [0.2, 0.25) is 0 Å². The van der Waals surface area contributed by atoms with Gasteiger partial charge < -0.3 is 5.73 Å². The molecule has 15 heavy (non-hydrogen) atoms. The second-order valence-electron chi connectivity index (χ2n) is 3.42. The normalized spacial score (nSPS) is 12.4. The van der Waals surface area contributed by atoms with E-state index >= 15 is 0 Å². The summed E-state index contributed by atoms with van der Waals surface area (Å²) in [6, 6.07) is 9.64. The van der Waals surface area contributed by atoms with Crippen molar-refractivity contribution in [3.63, 3.8) is 0 Å². The van der Waals surface area contributed by atoms with Crippen LogP contribution in [0.25, 0.3) is 11.4 Å². The molecule has 1 heterocycles. The molecule has 0 bridgehead atoms. The molecule has 3 nitrogen and oxygen atoms in total. The first-order valence-electron chi connectivity index (χ1n) is 4.82. The van der Waals surface area contributed by atoms with Crippen molar-refractivity contribution >= 4 is 0 Å². The van der Waals surface area contributed by atoms with Gasteiger partial charge in [-0.25, -0.2) is 9.97 Å². The molecule has 1 radical (unpaired) electrons. The Morgan fingerprint density at radius 2 is 2.27 bits per heavy atom. The van der Waals surface area contributed by atoms with Gasteiger partial charge in [0.2, 0.25) is 0 Å². The van der Waals surface area contributed by atoms with Gasteiger partial charge in [0, 0.05) is 17.8 Å². The van der Waals surface area contributed by atoms with Crippen LogP contribution < -0.4 is 5.73 Å². The van der Waals surface area contributed by atoms with E-state index in [2.05, 4.69) is 16.2 Å². The van der Waals surface area contributed by atoms with E-state index in [9.17, 15) is 0 Å². The highest BCUT2D eigenvalue weighted by molar-refractivity contribution is 5.55. The third-order valence-corrected chi connectivity index (χ3v) is 2.19. The zero-order chi connectivity index (χ0) is 10.7. The SMILES string of the molecule is CC(N)c1cccc(-c2n[c]ccn2)c1. The summed E-state index contributed by atoms with van der Waals surface area (Å²) >= 11 is 0. The maximum absolute atomic E-state index is 5.81. The van der Waals surface area contributed by atoms with E-state index in [0.717, 1.165) is 11.1 Å². The zero-order valence-corrected chi connectivity index (χ0v) is 8.51. The number of nitrogens with zero attached hydrogens (tertiary/aromatic N) is 2. The molecule has 3 heteroatoms. The van der Waals surface area contributed by atoms with Crippen molar-refractivity contribution in [2.75, 3.05) is 0 Å². The standard InChI is InChI=1S/C12H12N3/c1-9(13)10-4-2-5-11(8-10)12-14-6-3-7-15-12/h2-6,8-9H,13H2,1H3. The molecule has 1 aromatic carbocycles. The molecule has 2 aromatic rings. The molecule has 0 amide bonds. The van der Waals surface area contributed by atoms with Crippen LogP contribution in [0.15, 0.2) is 36.5 Å². The van der Waals surface area contributed by atoms with Crippen molar-refractivity contribution in [3.05, 3.63) is 48.3 Å². The Morgan fingerprint density at radius 3 is 2.93 bits per heavy atom. The smallest absolute Gasteiger partial charge is 0.159 e. The molecular formula is C12H12N3. The second kappa shape index (κ2) is 4.19. The molecule has 1 atom stereocenters. The summed E-state index contributed by atoms with van der Waals surface area (Å²) in [4.78, 5) is 8.24. The van der Waals surface area contributed by atoms with Crippen molar-refractivity contribution < 1.29 is 0 Å². The van der Waals surface area contributed by atoms with E-state index in [1.807, 2.05) is 31.2 Å². The van der Waals surface area contributed by atoms with Crippen LogP contribution >= 0.6 is 0 Å². The average Bonchev–Trinajstić information content (AvgIpc) is 2.30. The Labute approximate surface area is 89.0 Å². The average molecular weight is 198 g/mol. The Balaban J connectivity index is 2.42. The van der Waals surface area contributed by atoms with Gasteiger partial charge in [0.25, 0.3) is 0 Å². The summed E-state index contributed by atoms with van der Waals surface area (Å²) in [5.74, 6) is 0.681. The largest absolute Gasteiger partial charge is 0.324 e. The fourth-order valence-electron chi connectivity index (χ4n) is 1.37. The summed E-state index contributed by atoms with van der Waals surface area (Å²) in [5, 5.41) is 0. The van der Waals surface area contributed by atoms with Crippen molar-refractivity contribution in [2.24, 2.45) is 5.73 Å². The van der Waals surface area contributed by atoms with E-state index in [-0.39, 0.29) is 6.04 Å². The molecule has 2 rings (SSSR count). The lowest BCUT2D eigenvalue weighted by molar-refractivity contribution is 0.818. The lowest BCUT2D eigenvalue weighted by Gasteiger charge is -2.06. The molecular weight excluding hydrogens is 186 g/mol. The van der Waals surface area contributed by atoms with Gasteiger partial charge in [0.15, 0.2) is 5.82 Å². The third-order valence-electron chi connectivity index (χ3n) is 2.19. The maximum atomic E-state index is 5.81. The van der Waals surface area contributed by atoms with Gasteiger partial charge in [-0.2, -0.15) is 0 Å². The quantitative estimate of drug-likeness (QED) is 0.802. The van der Waals surface area contributed by atoms with Crippen LogP contribution in [-0.2, 0) is 0 Å². The summed E-state index contributed by atoms with van der Waals surface area (Å²) in [5.41, 5.74) is 7.87. The Bertz CT molecular complexity index is 438. The van der Waals surface area contributed by atoms with Gasteiger partial charge in [-0.05, 0) is 24.6 Å². The van der Waals surface area contributed by atoms with Crippen molar-refractivity contribution in [1.29, 1.82) is 0 Å². The van der Waals surface area contributed by atoms with Crippen molar-refractivity contribution in [1.82, 2.24) is 9.97 Å². The minimum Gasteiger partial charge on any atom is -0.324 e. The number of nitrogens with two attached hydrogens (primary N) is 1. The van der Waals surface area contributed by atoms with Crippen molar-refractivity contribution in [2.45, 2.75) is 13.0 Å². The number of rotatable bonds is 2. The molecule has 2 N–H and O–H groups in total. The number of hydrogen-bond donors (Lipinski definition) is 1. The van der Waals surface area contributed by atoms with Crippen molar-refractivity contribution in [3.8, 4) is 11.4 Å². The van der Waals surface area contributed by atoms with Gasteiger partial charge in [0.1, 0.15) is 0 Å². The number of benzene rings is 1. The molecule has 0 saturated carbocycles. The summed E-state index contributed by atoms with van der Waals surface area (Å²) in [7, 11) is 0. The molecule has 0 fully saturated rings. The summed E-state index contributed by atoms with van der Waals surface area (Å²) in [6.45, 7) is 1.96. The van der Waals surface area contributed by atoms with Crippen LogP contribution in [0.5, 0.6) is 0 Å². The highest BCUT2D eigenvalue weighted by Crippen LogP contribution is 2.18. The van der Waals surface area contributed by atoms with E-state index < -0.39 is 0 Å². The first kappa shape index (κ1) is 9.80. The van der Waals surface area contributed by atoms with E-state index in [1.54, 1.807) is 12.3 Å². The van der Waals surface area contributed by atoms with E-state index in [1.165, 1.54) is 0 Å². The van der Waals surface area contributed by atoms with Crippen LogP contribution in [-0.4, -0.2) is 9.97 Å². The minimum atomic E-state index is 0.0256. The Hall–Kier alpha value is -1.74. The highest BCUT2D eigenvalue weighted by atomic mass is 14.8. The van der Waals surface area contributed by atoms with Crippen LogP contribution in [0.1, 0.15) is 18.5 Å². The zero-order valence-electron chi connectivity index (χ0n) is 8.51. The predicted octanol–water partition coefficient (Wildman–Crippen LogP) is 1.96. The van der Waals surface area contributed by atoms with Gasteiger partial charge >= 0.3 is 0 Å². The first-order valence-corrected chi connectivity index (χ1v) is 4.82. The topological polar surface area (TPSA) is 51.8 Å². The Kier molecular flexibility index (Phi) is 2.74. The monoisotopic (exact) mass is 198 g/mol. The van der Waals surface area contributed by atoms with E-state index in [4.69, 9.17) is 5.73 Å².